The van der Waals surface area contributed by atoms with Crippen LogP contribution in [0.4, 0.5) is 11.4 Å². The second kappa shape index (κ2) is 8.09. The van der Waals surface area contributed by atoms with Gasteiger partial charge in [0.15, 0.2) is 0 Å². The Hall–Kier alpha value is -1.75. The molecule has 0 saturated carbocycles. The van der Waals surface area contributed by atoms with Gasteiger partial charge in [-0.2, -0.15) is 0 Å². The molecule has 25 heavy (non-hydrogen) atoms. The van der Waals surface area contributed by atoms with Crippen LogP contribution in [-0.2, 0) is 4.79 Å². The molecular weight excluding hydrogens is 383 g/mol. The fourth-order valence-electron chi connectivity index (χ4n) is 2.13. The number of benzene rings is 2. The lowest BCUT2D eigenvalue weighted by molar-refractivity contribution is -0.115. The van der Waals surface area contributed by atoms with Gasteiger partial charge in [-0.3, -0.25) is 9.59 Å². The molecule has 0 spiro atoms. The molecule has 2 aromatic rings. The van der Waals surface area contributed by atoms with E-state index in [2.05, 4.69) is 24.5 Å². The summed E-state index contributed by atoms with van der Waals surface area (Å²) in [6.45, 7) is 4.19. The average molecular weight is 400 g/mol. The van der Waals surface area contributed by atoms with Crippen LogP contribution in [0.1, 0.15) is 35.7 Å². The van der Waals surface area contributed by atoms with Gasteiger partial charge in [0.05, 0.1) is 11.3 Å². The first-order valence-corrected chi connectivity index (χ1v) is 8.70. The number of rotatable bonds is 4. The van der Waals surface area contributed by atoms with Crippen LogP contribution in [0.3, 0.4) is 0 Å². The summed E-state index contributed by atoms with van der Waals surface area (Å²) >= 11 is 16.7. The van der Waals surface area contributed by atoms with Gasteiger partial charge in [-0.1, -0.05) is 72.9 Å². The van der Waals surface area contributed by atoms with Gasteiger partial charge >= 0.3 is 0 Å². The minimum absolute atomic E-state index is 0.259. The molecule has 0 aliphatic carbocycles. The minimum atomic E-state index is -2.11. The van der Waals surface area contributed by atoms with Crippen LogP contribution < -0.4 is 10.6 Å². The highest BCUT2D eigenvalue weighted by molar-refractivity contribution is 6.76. The Bertz CT molecular complexity index is 769. The molecule has 0 heterocycles. The molecule has 0 bridgehead atoms. The molecule has 2 amide bonds. The molecule has 2 N–H and O–H groups in total. The molecule has 4 nitrogen and oxygen atoms in total. The zero-order valence-electron chi connectivity index (χ0n) is 13.6. The number of hydrogen-bond donors (Lipinski definition) is 2. The van der Waals surface area contributed by atoms with Crippen molar-refractivity contribution in [2.24, 2.45) is 0 Å². The lowest BCUT2D eigenvalue weighted by Gasteiger charge is -2.15. The monoisotopic (exact) mass is 398 g/mol. The zero-order chi connectivity index (χ0) is 18.6. The van der Waals surface area contributed by atoms with Gasteiger partial charge in [-0.15, -0.1) is 0 Å². The molecule has 0 aliphatic heterocycles. The molecular formula is C18H17Cl3N2O2. The van der Waals surface area contributed by atoms with Crippen LogP contribution in [-0.4, -0.2) is 15.6 Å². The standard InChI is InChI=1S/C18H17Cl3N2O2/c1-11(2)12-7-9-13(10-8-12)22-16(24)14-5-3-4-6-15(14)23-17(25)18(19,20)21/h3-11H,1-2H3,(H,22,24)(H,23,25). The van der Waals surface area contributed by atoms with E-state index in [9.17, 15) is 9.59 Å². The smallest absolute Gasteiger partial charge is 0.276 e. The maximum atomic E-state index is 12.5. The average Bonchev–Trinajstić information content (AvgIpc) is 2.54. The van der Waals surface area contributed by atoms with Crippen molar-refractivity contribution in [3.05, 3.63) is 59.7 Å². The van der Waals surface area contributed by atoms with Crippen molar-refractivity contribution in [2.75, 3.05) is 10.6 Å². The largest absolute Gasteiger partial charge is 0.322 e. The molecule has 0 aliphatic rings. The number of nitrogens with one attached hydrogen (secondary N) is 2. The van der Waals surface area contributed by atoms with Crippen molar-refractivity contribution < 1.29 is 9.59 Å². The van der Waals surface area contributed by atoms with E-state index in [4.69, 9.17) is 34.8 Å². The summed E-state index contributed by atoms with van der Waals surface area (Å²) < 4.78 is -2.11. The van der Waals surface area contributed by atoms with Crippen LogP contribution in [0.2, 0.25) is 0 Å². The van der Waals surface area contributed by atoms with Crippen LogP contribution in [0.15, 0.2) is 48.5 Å². The number of carbonyl (C=O) groups is 2. The van der Waals surface area contributed by atoms with Gasteiger partial charge in [0, 0.05) is 5.69 Å². The SMILES string of the molecule is CC(C)c1ccc(NC(=O)c2ccccc2NC(=O)C(Cl)(Cl)Cl)cc1. The van der Waals surface area contributed by atoms with E-state index in [1.54, 1.807) is 24.3 Å². The number of alkyl halides is 3. The van der Waals surface area contributed by atoms with Crippen LogP contribution in [0.5, 0.6) is 0 Å². The Kier molecular flexibility index (Phi) is 6.33. The lowest BCUT2D eigenvalue weighted by Crippen LogP contribution is -2.28. The molecule has 0 aromatic heterocycles. The maximum Gasteiger partial charge on any atom is 0.276 e. The van der Waals surface area contributed by atoms with E-state index in [0.29, 0.717) is 11.6 Å². The normalized spacial score (nSPS) is 11.3. The number of carbonyl (C=O) groups excluding carboxylic acids is 2. The second-order valence-corrected chi connectivity index (χ2v) is 8.01. The topological polar surface area (TPSA) is 58.2 Å². The third kappa shape index (κ3) is 5.36. The first-order valence-electron chi connectivity index (χ1n) is 7.57. The number of para-hydroxylation sites is 1. The number of hydrogen-bond acceptors (Lipinski definition) is 2. The molecule has 0 saturated heterocycles. The van der Waals surface area contributed by atoms with Gasteiger partial charge in [0.25, 0.3) is 15.6 Å². The fraction of sp³-hybridized carbons (Fsp3) is 0.222. The Morgan fingerprint density at radius 2 is 1.52 bits per heavy atom. The summed E-state index contributed by atoms with van der Waals surface area (Å²) in [4.78, 5) is 24.4. The predicted molar refractivity (Wildman–Crippen MR) is 104 cm³/mol. The predicted octanol–water partition coefficient (Wildman–Crippen LogP) is 5.37. The van der Waals surface area contributed by atoms with Gasteiger partial charge in [0.1, 0.15) is 0 Å². The maximum absolute atomic E-state index is 12.5. The third-order valence-corrected chi connectivity index (χ3v) is 4.03. The molecule has 0 radical (unpaired) electrons. The molecule has 0 fully saturated rings. The zero-order valence-corrected chi connectivity index (χ0v) is 15.9. The highest BCUT2D eigenvalue weighted by Gasteiger charge is 2.31. The van der Waals surface area contributed by atoms with Crippen molar-refractivity contribution in [1.82, 2.24) is 0 Å². The highest BCUT2D eigenvalue weighted by Crippen LogP contribution is 2.28. The van der Waals surface area contributed by atoms with Crippen molar-refractivity contribution >= 4 is 58.0 Å². The molecule has 0 unspecified atom stereocenters. The third-order valence-electron chi connectivity index (χ3n) is 3.51. The Balaban J connectivity index is 2.18. The van der Waals surface area contributed by atoms with Crippen molar-refractivity contribution in [2.45, 2.75) is 23.6 Å². The quantitative estimate of drug-likeness (QED) is 0.679. The van der Waals surface area contributed by atoms with Gasteiger partial charge in [-0.25, -0.2) is 0 Å². The van der Waals surface area contributed by atoms with Gasteiger partial charge in [0.2, 0.25) is 0 Å². The summed E-state index contributed by atoms with van der Waals surface area (Å²) in [6, 6.07) is 14.1. The second-order valence-electron chi connectivity index (χ2n) is 5.73. The Morgan fingerprint density at radius 3 is 2.08 bits per heavy atom. The van der Waals surface area contributed by atoms with Crippen LogP contribution in [0, 0.1) is 0 Å². The van der Waals surface area contributed by atoms with E-state index in [1.807, 2.05) is 24.3 Å². The van der Waals surface area contributed by atoms with E-state index >= 15 is 0 Å². The van der Waals surface area contributed by atoms with Crippen molar-refractivity contribution in [3.63, 3.8) is 0 Å². The summed E-state index contributed by atoms with van der Waals surface area (Å²) in [5.74, 6) is -0.806. The van der Waals surface area contributed by atoms with Crippen LogP contribution in [0.25, 0.3) is 0 Å². The van der Waals surface area contributed by atoms with E-state index in [-0.39, 0.29) is 17.2 Å². The highest BCUT2D eigenvalue weighted by atomic mass is 35.6. The molecule has 2 aromatic carbocycles. The fourth-order valence-corrected chi connectivity index (χ4v) is 2.27. The van der Waals surface area contributed by atoms with Gasteiger partial charge in [-0.05, 0) is 35.7 Å². The molecule has 7 heteroatoms. The summed E-state index contributed by atoms with van der Waals surface area (Å²) in [5, 5.41) is 5.23. The first-order chi connectivity index (χ1) is 11.7. The molecule has 2 rings (SSSR count). The van der Waals surface area contributed by atoms with E-state index in [0.717, 1.165) is 0 Å². The van der Waals surface area contributed by atoms with Crippen molar-refractivity contribution in [3.8, 4) is 0 Å². The minimum Gasteiger partial charge on any atom is -0.322 e. The summed E-state index contributed by atoms with van der Waals surface area (Å²) in [6.07, 6.45) is 0. The van der Waals surface area contributed by atoms with E-state index in [1.165, 1.54) is 5.56 Å². The van der Waals surface area contributed by atoms with Gasteiger partial charge < -0.3 is 10.6 Å². The summed E-state index contributed by atoms with van der Waals surface area (Å²) in [7, 11) is 0. The number of halogens is 3. The van der Waals surface area contributed by atoms with Crippen LogP contribution >= 0.6 is 34.8 Å². The first kappa shape index (κ1) is 19.6. The number of amides is 2. The Labute approximate surface area is 161 Å². The van der Waals surface area contributed by atoms with Crippen molar-refractivity contribution in [1.29, 1.82) is 0 Å². The number of anilines is 2. The molecule has 0 atom stereocenters. The van der Waals surface area contributed by atoms with E-state index < -0.39 is 9.70 Å². The Morgan fingerprint density at radius 1 is 0.920 bits per heavy atom. The summed E-state index contributed by atoms with van der Waals surface area (Å²) in [5.41, 5.74) is 2.35. The molecule has 132 valence electrons. The lowest BCUT2D eigenvalue weighted by atomic mass is 10.0.